The molecule has 0 spiro atoms. The molecule has 96 valence electrons. The largest absolute Gasteiger partial charge is 0.754 e. The van der Waals surface area contributed by atoms with Crippen LogP contribution in [-0.2, 0) is 4.74 Å². The maximum atomic E-state index is 12.1. The molecule has 2 rings (SSSR count). The molecule has 18 heavy (non-hydrogen) atoms. The highest BCUT2D eigenvalue weighted by Gasteiger charge is 2.08. The first-order chi connectivity index (χ1) is 8.74. The first-order valence-corrected chi connectivity index (χ1v) is 5.79. The summed E-state index contributed by atoms with van der Waals surface area (Å²) in [5, 5.41) is 13.1. The van der Waals surface area contributed by atoms with Gasteiger partial charge in [-0.15, -0.1) is 0 Å². The third kappa shape index (κ3) is 2.65. The molecule has 4 heteroatoms. The average molecular weight is 246 g/mol. The van der Waals surface area contributed by atoms with Gasteiger partial charge in [0.15, 0.2) is 0 Å². The van der Waals surface area contributed by atoms with Gasteiger partial charge in [0, 0.05) is 17.8 Å². The minimum Gasteiger partial charge on any atom is -0.754 e. The third-order valence-electron chi connectivity index (χ3n) is 2.92. The van der Waals surface area contributed by atoms with E-state index < -0.39 is 0 Å². The second-order valence-corrected chi connectivity index (χ2v) is 3.99. The Labute approximate surface area is 107 Å². The van der Waals surface area contributed by atoms with Crippen LogP contribution in [0.1, 0.15) is 12.8 Å². The van der Waals surface area contributed by atoms with Crippen molar-refractivity contribution in [1.82, 2.24) is 0 Å². The number of methoxy groups -OCH3 is 2. The minimum absolute atomic E-state index is 0.608. The second-order valence-electron chi connectivity index (χ2n) is 3.99. The Morgan fingerprint density at radius 1 is 1.00 bits per heavy atom. The number of rotatable bonds is 4. The molecule has 0 heterocycles. The molecule has 0 radical (unpaired) electrons. The van der Waals surface area contributed by atoms with E-state index in [0.717, 1.165) is 28.7 Å². The van der Waals surface area contributed by atoms with Crippen molar-refractivity contribution in [3.8, 4) is 5.75 Å². The van der Waals surface area contributed by atoms with Crippen LogP contribution in [0.5, 0.6) is 5.75 Å². The zero-order chi connectivity index (χ0) is 13.0. The lowest BCUT2D eigenvalue weighted by atomic mass is 10.1. The Balaban J connectivity index is 2.13. The maximum Gasteiger partial charge on any atom is 0.119 e. The molecular formula is C14H16NO3-. The van der Waals surface area contributed by atoms with Gasteiger partial charge in [-0.05, 0) is 42.8 Å². The molecule has 0 fully saturated rings. The van der Waals surface area contributed by atoms with Gasteiger partial charge >= 0.3 is 0 Å². The summed E-state index contributed by atoms with van der Waals surface area (Å²) in [5.74, 6) is 1.65. The van der Waals surface area contributed by atoms with E-state index in [9.17, 15) is 5.21 Å². The van der Waals surface area contributed by atoms with Crippen LogP contribution >= 0.6 is 0 Å². The minimum atomic E-state index is 0.608. The van der Waals surface area contributed by atoms with Crippen molar-refractivity contribution in [2.45, 2.75) is 12.8 Å². The van der Waals surface area contributed by atoms with Crippen molar-refractivity contribution >= 4 is 5.69 Å². The SMILES string of the molecule is COC1=CC=C(N([O-])c2ccc(OC)cc2)CC1. The summed E-state index contributed by atoms with van der Waals surface area (Å²) in [6.07, 6.45) is 5.10. The number of ether oxygens (including phenoxy) is 2. The van der Waals surface area contributed by atoms with Crippen molar-refractivity contribution in [1.29, 1.82) is 0 Å². The Bertz CT molecular complexity index is 462. The molecule has 1 aromatic rings. The van der Waals surface area contributed by atoms with E-state index in [1.165, 1.54) is 0 Å². The zero-order valence-corrected chi connectivity index (χ0v) is 10.6. The van der Waals surface area contributed by atoms with E-state index in [4.69, 9.17) is 9.47 Å². The first-order valence-electron chi connectivity index (χ1n) is 5.79. The Morgan fingerprint density at radius 2 is 1.72 bits per heavy atom. The topological polar surface area (TPSA) is 44.8 Å². The predicted octanol–water partition coefficient (Wildman–Crippen LogP) is 3.21. The number of benzene rings is 1. The van der Waals surface area contributed by atoms with E-state index >= 15 is 0 Å². The summed E-state index contributed by atoms with van der Waals surface area (Å²) >= 11 is 0. The van der Waals surface area contributed by atoms with Gasteiger partial charge in [0.1, 0.15) is 5.75 Å². The van der Waals surface area contributed by atoms with Gasteiger partial charge in [0.05, 0.1) is 20.0 Å². The molecule has 0 aromatic heterocycles. The third-order valence-corrected chi connectivity index (χ3v) is 2.92. The number of allylic oxidation sites excluding steroid dienone is 4. The molecule has 4 nitrogen and oxygen atoms in total. The van der Waals surface area contributed by atoms with E-state index in [0.29, 0.717) is 12.1 Å². The summed E-state index contributed by atoms with van der Waals surface area (Å²) in [5.41, 5.74) is 1.34. The summed E-state index contributed by atoms with van der Waals surface area (Å²) < 4.78 is 10.2. The normalized spacial score (nSPS) is 14.6. The number of nitrogens with zero attached hydrogens (tertiary/aromatic N) is 1. The molecule has 0 N–H and O–H groups in total. The summed E-state index contributed by atoms with van der Waals surface area (Å²) in [4.78, 5) is 0. The van der Waals surface area contributed by atoms with Gasteiger partial charge in [-0.3, -0.25) is 0 Å². The molecular weight excluding hydrogens is 230 g/mol. The Morgan fingerprint density at radius 3 is 2.22 bits per heavy atom. The standard InChI is InChI=1S/C14H16NO3/c1-17-13-7-3-11(4-8-13)15(16)12-5-9-14(18-2)10-6-12/h3-5,7-9H,6,10H2,1-2H3/q-1. The second kappa shape index (κ2) is 5.60. The van der Waals surface area contributed by atoms with Crippen LogP contribution < -0.4 is 9.80 Å². The van der Waals surface area contributed by atoms with Gasteiger partial charge < -0.3 is 19.7 Å². The van der Waals surface area contributed by atoms with Crippen molar-refractivity contribution in [3.05, 3.63) is 53.1 Å². The molecule has 0 unspecified atom stereocenters. The van der Waals surface area contributed by atoms with Crippen LogP contribution in [-0.4, -0.2) is 14.2 Å². The van der Waals surface area contributed by atoms with Gasteiger partial charge in [0.25, 0.3) is 0 Å². The number of anilines is 1. The quantitative estimate of drug-likeness (QED) is 0.765. The number of hydrogen-bond acceptors (Lipinski definition) is 4. The van der Waals surface area contributed by atoms with Crippen molar-refractivity contribution in [3.63, 3.8) is 0 Å². The Kier molecular flexibility index (Phi) is 3.89. The lowest BCUT2D eigenvalue weighted by Crippen LogP contribution is -2.15. The molecule has 0 amide bonds. The fourth-order valence-corrected chi connectivity index (χ4v) is 1.83. The van der Waals surface area contributed by atoms with Crippen LogP contribution in [0.25, 0.3) is 0 Å². The van der Waals surface area contributed by atoms with Gasteiger partial charge in [-0.1, -0.05) is 0 Å². The molecule has 1 aliphatic rings. The fraction of sp³-hybridized carbons (Fsp3) is 0.286. The summed E-state index contributed by atoms with van der Waals surface area (Å²) in [6, 6.07) is 7.06. The lowest BCUT2D eigenvalue weighted by Gasteiger charge is -2.34. The van der Waals surface area contributed by atoms with Crippen LogP contribution in [0.4, 0.5) is 5.69 Å². The smallest absolute Gasteiger partial charge is 0.119 e. The van der Waals surface area contributed by atoms with E-state index in [1.54, 1.807) is 44.6 Å². The molecule has 0 bridgehead atoms. The van der Waals surface area contributed by atoms with Gasteiger partial charge in [-0.25, -0.2) is 0 Å². The monoisotopic (exact) mass is 246 g/mol. The fourth-order valence-electron chi connectivity index (χ4n) is 1.83. The maximum absolute atomic E-state index is 12.1. The molecule has 0 saturated carbocycles. The highest BCUT2D eigenvalue weighted by Crippen LogP contribution is 2.27. The predicted molar refractivity (Wildman–Crippen MR) is 71.2 cm³/mol. The van der Waals surface area contributed by atoms with Crippen molar-refractivity contribution in [2.75, 3.05) is 19.3 Å². The van der Waals surface area contributed by atoms with Crippen LogP contribution in [0.2, 0.25) is 0 Å². The van der Waals surface area contributed by atoms with Crippen LogP contribution in [0.3, 0.4) is 0 Å². The summed E-state index contributed by atoms with van der Waals surface area (Å²) in [6.45, 7) is 0. The Hall–Kier alpha value is -1.94. The van der Waals surface area contributed by atoms with Crippen LogP contribution in [0, 0.1) is 5.21 Å². The number of hydrogen-bond donors (Lipinski definition) is 0. The molecule has 0 atom stereocenters. The molecule has 1 aromatic carbocycles. The van der Waals surface area contributed by atoms with Crippen molar-refractivity contribution < 1.29 is 9.47 Å². The van der Waals surface area contributed by atoms with Gasteiger partial charge in [0.2, 0.25) is 0 Å². The molecule has 0 aliphatic heterocycles. The van der Waals surface area contributed by atoms with Crippen molar-refractivity contribution in [2.24, 2.45) is 0 Å². The highest BCUT2D eigenvalue weighted by atomic mass is 16.5. The van der Waals surface area contributed by atoms with Crippen LogP contribution in [0.15, 0.2) is 47.9 Å². The average Bonchev–Trinajstić information content (AvgIpc) is 2.47. The van der Waals surface area contributed by atoms with E-state index in [-0.39, 0.29) is 0 Å². The molecule has 1 aliphatic carbocycles. The highest BCUT2D eigenvalue weighted by molar-refractivity contribution is 5.55. The van der Waals surface area contributed by atoms with E-state index in [1.807, 2.05) is 6.08 Å². The first kappa shape index (κ1) is 12.5. The summed E-state index contributed by atoms with van der Waals surface area (Å²) in [7, 11) is 3.24. The van der Waals surface area contributed by atoms with Gasteiger partial charge in [-0.2, -0.15) is 0 Å². The molecule has 0 saturated heterocycles. The number of hydroxylamine groups is 1. The zero-order valence-electron chi connectivity index (χ0n) is 10.6. The lowest BCUT2D eigenvalue weighted by molar-refractivity contribution is 0.275. The van der Waals surface area contributed by atoms with E-state index in [2.05, 4.69) is 0 Å².